The molecular formula is C15H20N2O3. The third-order valence-electron chi connectivity index (χ3n) is 3.49. The maximum Gasteiger partial charge on any atom is 0.264 e. The van der Waals surface area contributed by atoms with Crippen LogP contribution in [0.4, 0.5) is 5.69 Å². The average molecular weight is 276 g/mol. The minimum atomic E-state index is -0.110. The average Bonchev–Trinajstić information content (AvgIpc) is 2.47. The van der Waals surface area contributed by atoms with Gasteiger partial charge in [0.1, 0.15) is 0 Å². The zero-order valence-corrected chi connectivity index (χ0v) is 12.2. The first-order valence-corrected chi connectivity index (χ1v) is 6.84. The Morgan fingerprint density at radius 2 is 2.20 bits per heavy atom. The lowest BCUT2D eigenvalue weighted by atomic mass is 10.1. The Morgan fingerprint density at radius 3 is 2.90 bits per heavy atom. The molecule has 0 saturated heterocycles. The number of unbranched alkanes of at least 4 members (excludes halogenated alkanes) is 1. The fourth-order valence-electron chi connectivity index (χ4n) is 2.18. The van der Waals surface area contributed by atoms with Crippen molar-refractivity contribution in [3.05, 3.63) is 23.8 Å². The summed E-state index contributed by atoms with van der Waals surface area (Å²) in [5.74, 6) is 0.322. The summed E-state index contributed by atoms with van der Waals surface area (Å²) < 4.78 is 5.47. The Labute approximate surface area is 119 Å². The summed E-state index contributed by atoms with van der Waals surface area (Å²) >= 11 is 0. The molecule has 5 heteroatoms. The molecule has 0 aliphatic carbocycles. The molecule has 0 unspecified atom stereocenters. The van der Waals surface area contributed by atoms with Crippen LogP contribution in [0.25, 0.3) is 0 Å². The quantitative estimate of drug-likeness (QED) is 0.844. The van der Waals surface area contributed by atoms with Crippen LogP contribution >= 0.6 is 0 Å². The molecule has 20 heavy (non-hydrogen) atoms. The largest absolute Gasteiger partial charge is 0.481 e. The SMILES string of the molecule is CCCCN(C)C(=O)c1cccc2c1OCC(=O)N2C. The Balaban J connectivity index is 2.30. The van der Waals surface area contributed by atoms with Crippen LogP contribution in [0.1, 0.15) is 30.1 Å². The van der Waals surface area contributed by atoms with Gasteiger partial charge in [0, 0.05) is 20.6 Å². The van der Waals surface area contributed by atoms with E-state index in [4.69, 9.17) is 4.74 Å². The van der Waals surface area contributed by atoms with E-state index in [-0.39, 0.29) is 18.4 Å². The van der Waals surface area contributed by atoms with Crippen molar-refractivity contribution < 1.29 is 14.3 Å². The van der Waals surface area contributed by atoms with Crippen molar-refractivity contribution >= 4 is 17.5 Å². The number of nitrogens with zero attached hydrogens (tertiary/aromatic N) is 2. The van der Waals surface area contributed by atoms with Gasteiger partial charge in [0.05, 0.1) is 11.3 Å². The van der Waals surface area contributed by atoms with E-state index in [9.17, 15) is 9.59 Å². The lowest BCUT2D eigenvalue weighted by Gasteiger charge is -2.28. The van der Waals surface area contributed by atoms with Gasteiger partial charge in [-0.15, -0.1) is 0 Å². The number of para-hydroxylation sites is 1. The van der Waals surface area contributed by atoms with Crippen LogP contribution < -0.4 is 9.64 Å². The number of ether oxygens (including phenoxy) is 1. The van der Waals surface area contributed by atoms with Crippen LogP contribution in [0, 0.1) is 0 Å². The normalized spacial score (nSPS) is 13.8. The molecule has 0 bridgehead atoms. The van der Waals surface area contributed by atoms with Crippen LogP contribution in [-0.2, 0) is 4.79 Å². The van der Waals surface area contributed by atoms with Crippen molar-refractivity contribution in [1.29, 1.82) is 0 Å². The molecule has 108 valence electrons. The van der Waals surface area contributed by atoms with Crippen LogP contribution in [-0.4, -0.2) is 44.0 Å². The van der Waals surface area contributed by atoms with Crippen molar-refractivity contribution in [3.63, 3.8) is 0 Å². The summed E-state index contributed by atoms with van der Waals surface area (Å²) in [5, 5.41) is 0. The smallest absolute Gasteiger partial charge is 0.264 e. The van der Waals surface area contributed by atoms with Gasteiger partial charge in [0.2, 0.25) is 0 Å². The Hall–Kier alpha value is -2.04. The first kappa shape index (κ1) is 14.4. The summed E-state index contributed by atoms with van der Waals surface area (Å²) in [6, 6.07) is 5.31. The highest BCUT2D eigenvalue weighted by Crippen LogP contribution is 2.35. The van der Waals surface area contributed by atoms with Gasteiger partial charge < -0.3 is 14.5 Å². The molecule has 2 amide bonds. The standard InChI is InChI=1S/C15H20N2O3/c1-4-5-9-16(2)15(19)11-7-6-8-12-14(11)20-10-13(18)17(12)3/h6-8H,4-5,9-10H2,1-3H3. The van der Waals surface area contributed by atoms with E-state index < -0.39 is 0 Å². The van der Waals surface area contributed by atoms with Gasteiger partial charge in [-0.2, -0.15) is 0 Å². The number of rotatable bonds is 4. The highest BCUT2D eigenvalue weighted by Gasteiger charge is 2.27. The zero-order chi connectivity index (χ0) is 14.7. The minimum absolute atomic E-state index is 0.0214. The number of amides is 2. The van der Waals surface area contributed by atoms with Crippen LogP contribution in [0.5, 0.6) is 5.75 Å². The van der Waals surface area contributed by atoms with E-state index >= 15 is 0 Å². The number of carbonyl (C=O) groups excluding carboxylic acids is 2. The second-order valence-corrected chi connectivity index (χ2v) is 4.98. The van der Waals surface area contributed by atoms with Gasteiger partial charge in [-0.3, -0.25) is 9.59 Å². The first-order valence-electron chi connectivity index (χ1n) is 6.84. The Bertz CT molecular complexity index is 528. The maximum atomic E-state index is 12.5. The third-order valence-corrected chi connectivity index (χ3v) is 3.49. The van der Waals surface area contributed by atoms with E-state index in [1.54, 1.807) is 37.2 Å². The Morgan fingerprint density at radius 1 is 1.45 bits per heavy atom. The van der Waals surface area contributed by atoms with Crippen LogP contribution in [0.3, 0.4) is 0 Å². The lowest BCUT2D eigenvalue weighted by molar-refractivity contribution is -0.121. The minimum Gasteiger partial charge on any atom is -0.481 e. The fraction of sp³-hybridized carbons (Fsp3) is 0.467. The Kier molecular flexibility index (Phi) is 4.27. The molecule has 0 aromatic heterocycles. The summed E-state index contributed by atoms with van der Waals surface area (Å²) in [6.45, 7) is 2.78. The number of carbonyl (C=O) groups is 2. The summed E-state index contributed by atoms with van der Waals surface area (Å²) in [7, 11) is 3.48. The predicted molar refractivity (Wildman–Crippen MR) is 77.2 cm³/mol. The van der Waals surface area contributed by atoms with Crippen molar-refractivity contribution in [2.75, 3.05) is 32.1 Å². The van der Waals surface area contributed by atoms with Crippen molar-refractivity contribution in [2.24, 2.45) is 0 Å². The molecule has 1 aliphatic rings. The molecule has 2 rings (SSSR count). The second kappa shape index (κ2) is 5.94. The molecule has 1 heterocycles. The monoisotopic (exact) mass is 276 g/mol. The van der Waals surface area contributed by atoms with Crippen molar-refractivity contribution in [2.45, 2.75) is 19.8 Å². The van der Waals surface area contributed by atoms with E-state index in [2.05, 4.69) is 6.92 Å². The van der Waals surface area contributed by atoms with E-state index in [1.807, 2.05) is 0 Å². The second-order valence-electron chi connectivity index (χ2n) is 4.98. The van der Waals surface area contributed by atoms with Crippen molar-refractivity contribution in [1.82, 2.24) is 4.90 Å². The fourth-order valence-corrected chi connectivity index (χ4v) is 2.18. The number of hydrogen-bond acceptors (Lipinski definition) is 3. The summed E-state index contributed by atoms with van der Waals surface area (Å²) in [6.07, 6.45) is 2.01. The molecule has 0 fully saturated rings. The third kappa shape index (κ3) is 2.61. The molecule has 0 radical (unpaired) electrons. The van der Waals surface area contributed by atoms with Crippen LogP contribution in [0.2, 0.25) is 0 Å². The van der Waals surface area contributed by atoms with Gasteiger partial charge in [-0.05, 0) is 18.6 Å². The summed E-state index contributed by atoms with van der Waals surface area (Å²) in [4.78, 5) is 27.3. The van der Waals surface area contributed by atoms with Gasteiger partial charge in [-0.1, -0.05) is 19.4 Å². The van der Waals surface area contributed by atoms with Gasteiger partial charge in [0.15, 0.2) is 12.4 Å². The first-order chi connectivity index (χ1) is 9.56. The number of fused-ring (bicyclic) bond motifs is 1. The molecule has 1 aromatic carbocycles. The molecule has 1 aromatic rings. The van der Waals surface area contributed by atoms with Gasteiger partial charge in [0.25, 0.3) is 11.8 Å². The molecule has 0 saturated carbocycles. The summed E-state index contributed by atoms with van der Waals surface area (Å²) in [5.41, 5.74) is 1.16. The predicted octanol–water partition coefficient (Wildman–Crippen LogP) is 1.91. The highest BCUT2D eigenvalue weighted by atomic mass is 16.5. The molecular weight excluding hydrogens is 256 g/mol. The molecule has 0 spiro atoms. The van der Waals surface area contributed by atoms with Gasteiger partial charge >= 0.3 is 0 Å². The maximum absolute atomic E-state index is 12.5. The van der Waals surface area contributed by atoms with Crippen LogP contribution in [0.15, 0.2) is 18.2 Å². The highest BCUT2D eigenvalue weighted by molar-refractivity contribution is 6.03. The number of hydrogen-bond donors (Lipinski definition) is 0. The number of anilines is 1. The number of benzene rings is 1. The van der Waals surface area contributed by atoms with E-state index in [1.165, 1.54) is 4.90 Å². The van der Waals surface area contributed by atoms with Crippen molar-refractivity contribution in [3.8, 4) is 5.75 Å². The molecule has 0 N–H and O–H groups in total. The zero-order valence-electron chi connectivity index (χ0n) is 12.2. The topological polar surface area (TPSA) is 49.9 Å². The lowest BCUT2D eigenvalue weighted by Crippen LogP contribution is -2.37. The molecule has 1 aliphatic heterocycles. The van der Waals surface area contributed by atoms with E-state index in [0.29, 0.717) is 23.5 Å². The molecule has 5 nitrogen and oxygen atoms in total. The van der Waals surface area contributed by atoms with Gasteiger partial charge in [-0.25, -0.2) is 0 Å². The number of likely N-dealkylation sites (N-methyl/N-ethyl adjacent to an activating group) is 1. The molecule has 0 atom stereocenters. The van der Waals surface area contributed by atoms with E-state index in [0.717, 1.165) is 12.8 Å².